The van der Waals surface area contributed by atoms with Crippen LogP contribution in [0.1, 0.15) is 11.4 Å². The van der Waals surface area contributed by atoms with E-state index in [1.54, 1.807) is 6.20 Å². The van der Waals surface area contributed by atoms with Crippen molar-refractivity contribution in [1.82, 2.24) is 15.0 Å². The monoisotopic (exact) mass is 214 g/mol. The van der Waals surface area contributed by atoms with E-state index in [1.165, 1.54) is 0 Å². The Morgan fingerprint density at radius 3 is 2.44 bits per heavy atom. The number of hydrogen-bond acceptors (Lipinski definition) is 4. The van der Waals surface area contributed by atoms with Crippen molar-refractivity contribution in [2.75, 3.05) is 12.4 Å². The molecule has 0 amide bonds. The van der Waals surface area contributed by atoms with Gasteiger partial charge in [-0.05, 0) is 26.0 Å². The lowest BCUT2D eigenvalue weighted by Gasteiger charge is -2.09. The zero-order valence-corrected chi connectivity index (χ0v) is 9.65. The number of aromatic nitrogens is 3. The minimum absolute atomic E-state index is 0.766. The minimum atomic E-state index is 0.766. The molecule has 2 aromatic rings. The summed E-state index contributed by atoms with van der Waals surface area (Å²) in [6, 6.07) is 5.76. The first-order chi connectivity index (χ1) is 7.72. The van der Waals surface area contributed by atoms with Crippen LogP contribution < -0.4 is 5.32 Å². The van der Waals surface area contributed by atoms with Crippen LogP contribution in [-0.4, -0.2) is 22.0 Å². The molecule has 2 aromatic heterocycles. The Morgan fingerprint density at radius 2 is 1.81 bits per heavy atom. The lowest BCUT2D eigenvalue weighted by molar-refractivity contribution is 1.04. The summed E-state index contributed by atoms with van der Waals surface area (Å²) in [5.74, 6) is 0.766. The van der Waals surface area contributed by atoms with Crippen molar-refractivity contribution >= 4 is 5.82 Å². The first kappa shape index (κ1) is 10.5. The molecule has 82 valence electrons. The first-order valence-corrected chi connectivity index (χ1v) is 5.16. The molecule has 0 fully saturated rings. The number of nitrogens with zero attached hydrogens (tertiary/aromatic N) is 3. The lowest BCUT2D eigenvalue weighted by atomic mass is 10.2. The second-order valence-corrected chi connectivity index (χ2v) is 3.56. The molecule has 0 saturated heterocycles. The predicted octanol–water partition coefficient (Wildman–Crippen LogP) is 2.20. The summed E-state index contributed by atoms with van der Waals surface area (Å²) in [4.78, 5) is 13.3. The van der Waals surface area contributed by atoms with Crippen molar-refractivity contribution in [3.8, 4) is 11.4 Å². The van der Waals surface area contributed by atoms with Crippen LogP contribution in [0.25, 0.3) is 11.4 Å². The lowest BCUT2D eigenvalue weighted by Crippen LogP contribution is -2.03. The van der Waals surface area contributed by atoms with Crippen molar-refractivity contribution in [2.24, 2.45) is 0 Å². The molecule has 0 aliphatic heterocycles. The SMILES string of the molecule is CNc1nc(C)c(C)nc1-c1ccccn1. The van der Waals surface area contributed by atoms with Gasteiger partial charge >= 0.3 is 0 Å². The Balaban J connectivity index is 2.60. The molecule has 0 radical (unpaired) electrons. The first-order valence-electron chi connectivity index (χ1n) is 5.16. The van der Waals surface area contributed by atoms with E-state index in [1.807, 2.05) is 39.1 Å². The van der Waals surface area contributed by atoms with Crippen LogP contribution in [-0.2, 0) is 0 Å². The molecule has 4 heteroatoms. The van der Waals surface area contributed by atoms with E-state index < -0.39 is 0 Å². The molecule has 0 aliphatic rings. The summed E-state index contributed by atoms with van der Waals surface area (Å²) < 4.78 is 0. The number of pyridine rings is 1. The van der Waals surface area contributed by atoms with Crippen LogP contribution in [0.2, 0.25) is 0 Å². The molecule has 0 spiro atoms. The Bertz CT molecular complexity index is 494. The van der Waals surface area contributed by atoms with E-state index in [0.717, 1.165) is 28.6 Å². The largest absolute Gasteiger partial charge is 0.371 e. The topological polar surface area (TPSA) is 50.7 Å². The van der Waals surface area contributed by atoms with Crippen LogP contribution in [0.4, 0.5) is 5.82 Å². The van der Waals surface area contributed by atoms with Gasteiger partial charge in [0.2, 0.25) is 0 Å². The molecule has 0 atom stereocenters. The summed E-state index contributed by atoms with van der Waals surface area (Å²) in [6.07, 6.45) is 1.76. The predicted molar refractivity (Wildman–Crippen MR) is 64.3 cm³/mol. The van der Waals surface area contributed by atoms with Gasteiger partial charge < -0.3 is 5.32 Å². The Morgan fingerprint density at radius 1 is 1.06 bits per heavy atom. The maximum Gasteiger partial charge on any atom is 0.154 e. The Hall–Kier alpha value is -1.97. The molecular formula is C12H14N4. The second kappa shape index (κ2) is 4.26. The molecule has 4 nitrogen and oxygen atoms in total. The molecule has 0 unspecified atom stereocenters. The molecule has 0 aliphatic carbocycles. The summed E-state index contributed by atoms with van der Waals surface area (Å²) in [6.45, 7) is 3.90. The van der Waals surface area contributed by atoms with Crippen molar-refractivity contribution in [2.45, 2.75) is 13.8 Å². The van der Waals surface area contributed by atoms with Gasteiger partial charge in [-0.3, -0.25) is 4.98 Å². The van der Waals surface area contributed by atoms with Gasteiger partial charge in [-0.1, -0.05) is 6.07 Å². The third-order valence-corrected chi connectivity index (χ3v) is 2.45. The number of anilines is 1. The molecule has 0 aromatic carbocycles. The summed E-state index contributed by atoms with van der Waals surface area (Å²) in [7, 11) is 1.84. The normalized spacial score (nSPS) is 10.2. The number of rotatable bonds is 2. The second-order valence-electron chi connectivity index (χ2n) is 3.56. The van der Waals surface area contributed by atoms with Gasteiger partial charge in [0.05, 0.1) is 17.1 Å². The van der Waals surface area contributed by atoms with Crippen LogP contribution >= 0.6 is 0 Å². The molecule has 2 rings (SSSR count). The third-order valence-electron chi connectivity index (χ3n) is 2.45. The van der Waals surface area contributed by atoms with Crippen LogP contribution in [0, 0.1) is 13.8 Å². The van der Waals surface area contributed by atoms with E-state index in [4.69, 9.17) is 0 Å². The highest BCUT2D eigenvalue weighted by Crippen LogP contribution is 2.22. The highest BCUT2D eigenvalue weighted by molar-refractivity contribution is 5.68. The number of nitrogens with one attached hydrogen (secondary N) is 1. The quantitative estimate of drug-likeness (QED) is 0.832. The van der Waals surface area contributed by atoms with Gasteiger partial charge in [0.15, 0.2) is 5.82 Å². The van der Waals surface area contributed by atoms with Crippen molar-refractivity contribution in [3.63, 3.8) is 0 Å². The average molecular weight is 214 g/mol. The third kappa shape index (κ3) is 1.86. The van der Waals surface area contributed by atoms with Gasteiger partial charge in [-0.25, -0.2) is 9.97 Å². The Kier molecular flexibility index (Phi) is 2.81. The fraction of sp³-hybridized carbons (Fsp3) is 0.250. The van der Waals surface area contributed by atoms with Gasteiger partial charge in [0, 0.05) is 13.2 Å². The zero-order chi connectivity index (χ0) is 11.5. The maximum atomic E-state index is 4.53. The van der Waals surface area contributed by atoms with Crippen LogP contribution in [0.3, 0.4) is 0 Å². The van der Waals surface area contributed by atoms with Gasteiger partial charge in [0.25, 0.3) is 0 Å². The van der Waals surface area contributed by atoms with Crippen LogP contribution in [0.5, 0.6) is 0 Å². The van der Waals surface area contributed by atoms with Gasteiger partial charge in [-0.15, -0.1) is 0 Å². The average Bonchev–Trinajstić information content (AvgIpc) is 2.33. The van der Waals surface area contributed by atoms with E-state index in [-0.39, 0.29) is 0 Å². The highest BCUT2D eigenvalue weighted by atomic mass is 15.0. The molecule has 16 heavy (non-hydrogen) atoms. The standard InChI is InChI=1S/C12H14N4/c1-8-9(2)16-12(13-3)11(15-8)10-6-4-5-7-14-10/h4-7H,1-3H3,(H,13,16). The molecular weight excluding hydrogens is 200 g/mol. The van der Waals surface area contributed by atoms with E-state index in [9.17, 15) is 0 Å². The minimum Gasteiger partial charge on any atom is -0.371 e. The smallest absolute Gasteiger partial charge is 0.154 e. The molecule has 2 heterocycles. The van der Waals surface area contributed by atoms with E-state index >= 15 is 0 Å². The summed E-state index contributed by atoms with van der Waals surface area (Å²) in [5, 5.41) is 3.05. The molecule has 0 saturated carbocycles. The maximum absolute atomic E-state index is 4.53. The fourth-order valence-electron chi connectivity index (χ4n) is 1.46. The van der Waals surface area contributed by atoms with Crippen molar-refractivity contribution in [3.05, 3.63) is 35.8 Å². The fourth-order valence-corrected chi connectivity index (χ4v) is 1.46. The Labute approximate surface area is 94.8 Å². The van der Waals surface area contributed by atoms with Crippen molar-refractivity contribution in [1.29, 1.82) is 0 Å². The van der Waals surface area contributed by atoms with Gasteiger partial charge in [-0.2, -0.15) is 0 Å². The molecule has 1 N–H and O–H groups in total. The van der Waals surface area contributed by atoms with Gasteiger partial charge in [0.1, 0.15) is 5.69 Å². The zero-order valence-electron chi connectivity index (χ0n) is 9.65. The number of hydrogen-bond donors (Lipinski definition) is 1. The molecule has 0 bridgehead atoms. The van der Waals surface area contributed by atoms with E-state index in [2.05, 4.69) is 20.3 Å². The number of aryl methyl sites for hydroxylation is 2. The van der Waals surface area contributed by atoms with Crippen molar-refractivity contribution < 1.29 is 0 Å². The van der Waals surface area contributed by atoms with E-state index in [0.29, 0.717) is 0 Å². The highest BCUT2D eigenvalue weighted by Gasteiger charge is 2.10. The summed E-state index contributed by atoms with van der Waals surface area (Å²) in [5.41, 5.74) is 3.50. The van der Waals surface area contributed by atoms with Crippen LogP contribution in [0.15, 0.2) is 24.4 Å². The summed E-state index contributed by atoms with van der Waals surface area (Å²) >= 11 is 0.